The summed E-state index contributed by atoms with van der Waals surface area (Å²) in [6, 6.07) is 1.43. The van der Waals surface area contributed by atoms with E-state index in [1.165, 1.54) is 17.5 Å². The molecule has 14 heteroatoms. The Morgan fingerprint density at radius 2 is 1.93 bits per heavy atom. The van der Waals surface area contributed by atoms with Gasteiger partial charge in [0.25, 0.3) is 5.91 Å². The van der Waals surface area contributed by atoms with Crippen molar-refractivity contribution in [1.29, 1.82) is 0 Å². The molecule has 5 rings (SSSR count). The van der Waals surface area contributed by atoms with Crippen molar-refractivity contribution >= 4 is 45.4 Å². The minimum absolute atomic E-state index is 0.134. The maximum absolute atomic E-state index is 13.3. The SMILES string of the molecule is COCCn1cc(-c2cn3ncc(C(=O)Nc4cc(NC(=O)CC5CCCN5C(=O)OC(C)(C)C)cnc4C)c3s2)cn1. The van der Waals surface area contributed by atoms with Gasteiger partial charge in [0.1, 0.15) is 10.4 Å². The maximum Gasteiger partial charge on any atom is 0.410 e. The standard InChI is InChI=1S/C29H36N8O5S/c1-18-23(11-20(14-30-18)33-25(38)12-21-7-6-8-36(21)28(40)42-29(2,3)4)34-26(39)22-15-32-37-17-24(43-27(22)37)19-13-31-35(16-19)9-10-41-5/h11,13-17,21H,6-10,12H2,1-5H3,(H,33,38)(H,34,39). The quantitative estimate of drug-likeness (QED) is 0.281. The van der Waals surface area contributed by atoms with Crippen molar-refractivity contribution in [2.24, 2.45) is 0 Å². The number of methoxy groups -OCH3 is 1. The van der Waals surface area contributed by atoms with Crippen molar-refractivity contribution in [3.05, 3.63) is 48.3 Å². The zero-order chi connectivity index (χ0) is 30.7. The van der Waals surface area contributed by atoms with Gasteiger partial charge in [-0.15, -0.1) is 11.3 Å². The van der Waals surface area contributed by atoms with Crippen molar-refractivity contribution in [2.45, 2.75) is 65.1 Å². The zero-order valence-corrected chi connectivity index (χ0v) is 25.7. The minimum Gasteiger partial charge on any atom is -0.444 e. The number of nitrogens with zero attached hydrogens (tertiary/aromatic N) is 6. The Morgan fingerprint density at radius 3 is 2.70 bits per heavy atom. The van der Waals surface area contributed by atoms with Crippen LogP contribution in [0.15, 0.2) is 37.1 Å². The summed E-state index contributed by atoms with van der Waals surface area (Å²) in [4.78, 5) is 46.4. The molecule has 1 aliphatic rings. The number of aryl methyl sites for hydroxylation is 1. The van der Waals surface area contributed by atoms with Crippen molar-refractivity contribution in [2.75, 3.05) is 30.9 Å². The van der Waals surface area contributed by atoms with E-state index in [1.807, 2.05) is 33.2 Å². The van der Waals surface area contributed by atoms with E-state index in [-0.39, 0.29) is 24.3 Å². The largest absolute Gasteiger partial charge is 0.444 e. The molecule has 4 aromatic rings. The molecule has 4 aromatic heterocycles. The molecule has 3 amide bonds. The predicted octanol–water partition coefficient (Wildman–Crippen LogP) is 4.59. The number of aromatic nitrogens is 5. The number of likely N-dealkylation sites (tertiary alicyclic amines) is 1. The summed E-state index contributed by atoms with van der Waals surface area (Å²) in [7, 11) is 1.65. The lowest BCUT2D eigenvalue weighted by molar-refractivity contribution is -0.117. The van der Waals surface area contributed by atoms with Crippen molar-refractivity contribution < 1.29 is 23.9 Å². The minimum atomic E-state index is -0.607. The molecule has 2 N–H and O–H groups in total. The number of amides is 3. The van der Waals surface area contributed by atoms with E-state index >= 15 is 0 Å². The van der Waals surface area contributed by atoms with Crippen LogP contribution >= 0.6 is 11.3 Å². The van der Waals surface area contributed by atoms with Gasteiger partial charge in [0.05, 0.1) is 59.3 Å². The summed E-state index contributed by atoms with van der Waals surface area (Å²) < 4.78 is 14.1. The van der Waals surface area contributed by atoms with Crippen LogP contribution in [0.2, 0.25) is 0 Å². The van der Waals surface area contributed by atoms with E-state index < -0.39 is 11.7 Å². The van der Waals surface area contributed by atoms with Gasteiger partial charge in [-0.3, -0.25) is 19.3 Å². The molecule has 0 aromatic carbocycles. The molecule has 0 bridgehead atoms. The van der Waals surface area contributed by atoms with Gasteiger partial charge in [0, 0.05) is 44.1 Å². The molecule has 1 unspecified atom stereocenters. The Bertz CT molecular complexity index is 1630. The molecule has 1 aliphatic heterocycles. The molecule has 13 nitrogen and oxygen atoms in total. The van der Waals surface area contributed by atoms with Gasteiger partial charge in [-0.2, -0.15) is 10.2 Å². The van der Waals surface area contributed by atoms with E-state index in [4.69, 9.17) is 9.47 Å². The lowest BCUT2D eigenvalue weighted by Crippen LogP contribution is -2.41. The van der Waals surface area contributed by atoms with E-state index in [9.17, 15) is 14.4 Å². The average Bonchev–Trinajstić information content (AvgIpc) is 3.72. The molecule has 1 saturated heterocycles. The monoisotopic (exact) mass is 608 g/mol. The molecule has 0 aliphatic carbocycles. The number of hydrogen-bond donors (Lipinski definition) is 2. The second-order valence-electron chi connectivity index (χ2n) is 11.4. The third-order valence-corrected chi connectivity index (χ3v) is 8.09. The molecule has 5 heterocycles. The fraction of sp³-hybridized carbons (Fsp3) is 0.448. The highest BCUT2D eigenvalue weighted by Gasteiger charge is 2.33. The number of thiazole rings is 1. The number of carbonyl (C=O) groups is 3. The number of rotatable bonds is 9. The van der Waals surface area contributed by atoms with Crippen molar-refractivity contribution in [1.82, 2.24) is 29.3 Å². The van der Waals surface area contributed by atoms with Gasteiger partial charge < -0.3 is 25.0 Å². The number of fused-ring (bicyclic) bond motifs is 1. The van der Waals surface area contributed by atoms with Crippen LogP contribution in [0.3, 0.4) is 0 Å². The Labute approximate surface area is 253 Å². The van der Waals surface area contributed by atoms with E-state index in [0.717, 1.165) is 23.3 Å². The highest BCUT2D eigenvalue weighted by molar-refractivity contribution is 7.21. The van der Waals surface area contributed by atoms with Crippen LogP contribution < -0.4 is 10.6 Å². The van der Waals surface area contributed by atoms with E-state index in [0.29, 0.717) is 47.2 Å². The third-order valence-electron chi connectivity index (χ3n) is 6.93. The highest BCUT2D eigenvalue weighted by Crippen LogP contribution is 2.31. The molecule has 228 valence electrons. The number of nitrogens with one attached hydrogen (secondary N) is 2. The first kappa shape index (κ1) is 30.2. The molecule has 1 atom stereocenters. The second kappa shape index (κ2) is 12.5. The number of anilines is 2. The Hall–Kier alpha value is -4.30. The number of hydrogen-bond acceptors (Lipinski definition) is 9. The summed E-state index contributed by atoms with van der Waals surface area (Å²) in [5, 5.41) is 14.5. The van der Waals surface area contributed by atoms with Crippen LogP contribution in [0.25, 0.3) is 15.3 Å². The highest BCUT2D eigenvalue weighted by atomic mass is 32.1. The fourth-order valence-corrected chi connectivity index (χ4v) is 5.86. The van der Waals surface area contributed by atoms with Crippen LogP contribution in [0.5, 0.6) is 0 Å². The molecular formula is C29H36N8O5S. The van der Waals surface area contributed by atoms with Gasteiger partial charge in [-0.05, 0) is 46.6 Å². The summed E-state index contributed by atoms with van der Waals surface area (Å²) in [6.45, 7) is 8.99. The summed E-state index contributed by atoms with van der Waals surface area (Å²) in [6.07, 6.45) is 9.90. The Balaban J connectivity index is 1.24. The van der Waals surface area contributed by atoms with Gasteiger partial charge in [0.2, 0.25) is 5.91 Å². The fourth-order valence-electron chi connectivity index (χ4n) is 4.83. The topological polar surface area (TPSA) is 145 Å². The average molecular weight is 609 g/mol. The smallest absolute Gasteiger partial charge is 0.410 e. The predicted molar refractivity (Wildman–Crippen MR) is 162 cm³/mol. The normalized spacial score (nSPS) is 15.2. The Morgan fingerprint density at radius 1 is 1.12 bits per heavy atom. The first-order valence-corrected chi connectivity index (χ1v) is 14.9. The van der Waals surface area contributed by atoms with Crippen LogP contribution in [0.1, 0.15) is 56.1 Å². The second-order valence-corrected chi connectivity index (χ2v) is 12.5. The number of carbonyl (C=O) groups excluding carboxylic acids is 3. The van der Waals surface area contributed by atoms with Gasteiger partial charge >= 0.3 is 6.09 Å². The summed E-state index contributed by atoms with van der Waals surface area (Å²) in [5.41, 5.74) is 2.24. The van der Waals surface area contributed by atoms with Crippen LogP contribution in [-0.2, 0) is 20.8 Å². The molecule has 0 spiro atoms. The van der Waals surface area contributed by atoms with Gasteiger partial charge in [-0.25, -0.2) is 9.31 Å². The van der Waals surface area contributed by atoms with E-state index in [1.54, 1.807) is 46.6 Å². The molecule has 43 heavy (non-hydrogen) atoms. The molecule has 1 fully saturated rings. The molecular weight excluding hydrogens is 572 g/mol. The van der Waals surface area contributed by atoms with Gasteiger partial charge in [-0.1, -0.05) is 0 Å². The zero-order valence-electron chi connectivity index (χ0n) is 24.9. The summed E-state index contributed by atoms with van der Waals surface area (Å²) in [5.74, 6) is -0.593. The van der Waals surface area contributed by atoms with Crippen LogP contribution in [-0.4, -0.2) is 79.1 Å². The van der Waals surface area contributed by atoms with Crippen molar-refractivity contribution in [3.8, 4) is 10.4 Å². The third kappa shape index (κ3) is 7.20. The maximum atomic E-state index is 13.3. The van der Waals surface area contributed by atoms with Crippen molar-refractivity contribution in [3.63, 3.8) is 0 Å². The number of ether oxygens (including phenoxy) is 2. The lowest BCUT2D eigenvalue weighted by Gasteiger charge is -2.28. The lowest BCUT2D eigenvalue weighted by atomic mass is 10.1. The Kier molecular flexibility index (Phi) is 8.78. The molecule has 0 radical (unpaired) electrons. The summed E-state index contributed by atoms with van der Waals surface area (Å²) >= 11 is 1.44. The van der Waals surface area contributed by atoms with Crippen LogP contribution in [0.4, 0.5) is 16.2 Å². The van der Waals surface area contributed by atoms with E-state index in [2.05, 4.69) is 25.8 Å². The van der Waals surface area contributed by atoms with Gasteiger partial charge in [0.15, 0.2) is 0 Å². The number of pyridine rings is 1. The first-order chi connectivity index (χ1) is 20.5. The van der Waals surface area contributed by atoms with Crippen LogP contribution in [0, 0.1) is 6.92 Å². The first-order valence-electron chi connectivity index (χ1n) is 14.1. The molecule has 0 saturated carbocycles.